The molecule has 7 heteroatoms. The lowest BCUT2D eigenvalue weighted by atomic mass is 10.1. The molecule has 0 saturated carbocycles. The first-order valence-electron chi connectivity index (χ1n) is 4.98. The fraction of sp³-hybridized carbons (Fsp3) is 0.0909. The molecule has 2 N–H and O–H groups in total. The minimum atomic E-state index is -0.491. The molecule has 92 valence electrons. The molecular formula is C11H9N3O4. The van der Waals surface area contributed by atoms with Crippen molar-refractivity contribution >= 4 is 22.5 Å². The number of nitro groups is 1. The van der Waals surface area contributed by atoms with Crippen molar-refractivity contribution in [3.05, 3.63) is 46.0 Å². The predicted octanol–water partition coefficient (Wildman–Crippen LogP) is 2.26. The average molecular weight is 247 g/mol. The summed E-state index contributed by atoms with van der Waals surface area (Å²) in [4.78, 5) is 18.3. The van der Waals surface area contributed by atoms with Crippen molar-refractivity contribution in [2.45, 2.75) is 6.92 Å². The van der Waals surface area contributed by atoms with Crippen molar-refractivity contribution < 1.29 is 15.1 Å². The Balaban J connectivity index is 2.66. The van der Waals surface area contributed by atoms with E-state index < -0.39 is 10.7 Å². The first-order valence-corrected chi connectivity index (χ1v) is 4.98. The van der Waals surface area contributed by atoms with Gasteiger partial charge in [-0.3, -0.25) is 15.1 Å². The third-order valence-electron chi connectivity index (χ3n) is 2.44. The van der Waals surface area contributed by atoms with Crippen LogP contribution in [0, 0.1) is 17.0 Å². The van der Waals surface area contributed by atoms with E-state index in [2.05, 4.69) is 9.97 Å². The standard InChI is InChI=1S/C11H9N3O4/c1-6-2-8-7(3-10(6)14(17)18)12-4-9(13-8)11(16)5-15/h2-5,15-16H,1H3. The zero-order valence-corrected chi connectivity index (χ0v) is 9.36. The van der Waals surface area contributed by atoms with Gasteiger partial charge >= 0.3 is 0 Å². The Hall–Kier alpha value is -2.70. The van der Waals surface area contributed by atoms with Gasteiger partial charge in [0.05, 0.1) is 22.2 Å². The summed E-state index contributed by atoms with van der Waals surface area (Å²) in [5.74, 6) is -0.416. The van der Waals surface area contributed by atoms with E-state index in [0.717, 1.165) is 0 Å². The summed E-state index contributed by atoms with van der Waals surface area (Å²) < 4.78 is 0. The molecule has 2 aromatic rings. The van der Waals surface area contributed by atoms with Crippen LogP contribution >= 0.6 is 0 Å². The molecule has 0 aliphatic heterocycles. The molecule has 0 bridgehead atoms. The van der Waals surface area contributed by atoms with Gasteiger partial charge in [0.1, 0.15) is 12.0 Å². The van der Waals surface area contributed by atoms with Crippen LogP contribution in [0.1, 0.15) is 11.3 Å². The average Bonchev–Trinajstić information content (AvgIpc) is 2.35. The van der Waals surface area contributed by atoms with E-state index in [1.165, 1.54) is 18.3 Å². The van der Waals surface area contributed by atoms with E-state index in [9.17, 15) is 15.2 Å². The molecule has 18 heavy (non-hydrogen) atoms. The molecule has 0 saturated heterocycles. The van der Waals surface area contributed by atoms with Gasteiger partial charge in [0.2, 0.25) is 0 Å². The lowest BCUT2D eigenvalue weighted by Crippen LogP contribution is -1.96. The van der Waals surface area contributed by atoms with Gasteiger partial charge < -0.3 is 10.2 Å². The first-order chi connectivity index (χ1) is 8.52. The maximum atomic E-state index is 10.8. The molecule has 7 nitrogen and oxygen atoms in total. The van der Waals surface area contributed by atoms with Gasteiger partial charge in [-0.05, 0) is 13.0 Å². The largest absolute Gasteiger partial charge is 0.512 e. The van der Waals surface area contributed by atoms with Crippen molar-refractivity contribution in [2.24, 2.45) is 0 Å². The Kier molecular flexibility index (Phi) is 2.80. The highest BCUT2D eigenvalue weighted by Gasteiger charge is 2.13. The number of fused-ring (bicyclic) bond motifs is 1. The summed E-state index contributed by atoms with van der Waals surface area (Å²) in [7, 11) is 0. The number of nitro benzene ring substituents is 1. The lowest BCUT2D eigenvalue weighted by molar-refractivity contribution is -0.385. The van der Waals surface area contributed by atoms with E-state index in [4.69, 9.17) is 5.11 Å². The minimum Gasteiger partial charge on any atom is -0.512 e. The zero-order chi connectivity index (χ0) is 13.3. The summed E-state index contributed by atoms with van der Waals surface area (Å²) in [6, 6.07) is 2.83. The Labute approximate surface area is 101 Å². The summed E-state index contributed by atoms with van der Waals surface area (Å²) in [6.45, 7) is 1.59. The molecule has 0 aliphatic rings. The summed E-state index contributed by atoms with van der Waals surface area (Å²) >= 11 is 0. The van der Waals surface area contributed by atoms with Crippen LogP contribution in [0.15, 0.2) is 24.6 Å². The van der Waals surface area contributed by atoms with Gasteiger partial charge in [0, 0.05) is 11.6 Å². The third kappa shape index (κ3) is 1.93. The molecular weight excluding hydrogens is 238 g/mol. The topological polar surface area (TPSA) is 109 Å². The van der Waals surface area contributed by atoms with Gasteiger partial charge in [-0.25, -0.2) is 4.98 Å². The second kappa shape index (κ2) is 4.28. The van der Waals surface area contributed by atoms with Crippen molar-refractivity contribution in [1.82, 2.24) is 9.97 Å². The molecule has 1 aromatic heterocycles. The Morgan fingerprint density at radius 3 is 2.78 bits per heavy atom. The normalized spacial score (nSPS) is 11.7. The Morgan fingerprint density at radius 2 is 2.17 bits per heavy atom. The molecule has 2 rings (SSSR count). The molecule has 0 aliphatic carbocycles. The summed E-state index contributed by atoms with van der Waals surface area (Å²) in [6.07, 6.45) is 1.73. The fourth-order valence-corrected chi connectivity index (χ4v) is 1.54. The number of hydrogen-bond donors (Lipinski definition) is 2. The molecule has 1 aromatic carbocycles. The van der Waals surface area contributed by atoms with E-state index >= 15 is 0 Å². The van der Waals surface area contributed by atoms with Crippen LogP contribution in [-0.4, -0.2) is 25.1 Å². The van der Waals surface area contributed by atoms with E-state index in [0.29, 0.717) is 22.9 Å². The lowest BCUT2D eigenvalue weighted by Gasteiger charge is -2.02. The van der Waals surface area contributed by atoms with Crippen LogP contribution in [-0.2, 0) is 0 Å². The maximum Gasteiger partial charge on any atom is 0.274 e. The van der Waals surface area contributed by atoms with Crippen LogP contribution in [0.2, 0.25) is 0 Å². The van der Waals surface area contributed by atoms with Crippen molar-refractivity contribution in [1.29, 1.82) is 0 Å². The van der Waals surface area contributed by atoms with Crippen LogP contribution in [0.25, 0.3) is 16.8 Å². The predicted molar refractivity (Wildman–Crippen MR) is 64.2 cm³/mol. The molecule has 0 unspecified atom stereocenters. The minimum absolute atomic E-state index is 0.0357. The van der Waals surface area contributed by atoms with Gasteiger partial charge in [-0.1, -0.05) is 0 Å². The van der Waals surface area contributed by atoms with Crippen LogP contribution in [0.3, 0.4) is 0 Å². The smallest absolute Gasteiger partial charge is 0.274 e. The molecule has 0 spiro atoms. The highest BCUT2D eigenvalue weighted by molar-refractivity contribution is 5.79. The van der Waals surface area contributed by atoms with Crippen LogP contribution < -0.4 is 0 Å². The molecule has 0 fully saturated rings. The number of hydrogen-bond acceptors (Lipinski definition) is 6. The maximum absolute atomic E-state index is 10.8. The number of aliphatic hydroxyl groups excluding tert-OH is 2. The molecule has 0 atom stereocenters. The van der Waals surface area contributed by atoms with Gasteiger partial charge in [-0.2, -0.15) is 0 Å². The van der Waals surface area contributed by atoms with E-state index in [1.807, 2.05) is 0 Å². The number of aromatic nitrogens is 2. The number of benzene rings is 1. The fourth-order valence-electron chi connectivity index (χ4n) is 1.54. The Bertz CT molecular complexity index is 667. The number of aryl methyl sites for hydroxylation is 1. The van der Waals surface area contributed by atoms with Crippen LogP contribution in [0.4, 0.5) is 5.69 Å². The second-order valence-corrected chi connectivity index (χ2v) is 3.65. The Morgan fingerprint density at radius 1 is 1.44 bits per heavy atom. The van der Waals surface area contributed by atoms with Gasteiger partial charge in [-0.15, -0.1) is 0 Å². The van der Waals surface area contributed by atoms with Gasteiger partial charge in [0.25, 0.3) is 5.69 Å². The van der Waals surface area contributed by atoms with E-state index in [-0.39, 0.29) is 11.4 Å². The highest BCUT2D eigenvalue weighted by atomic mass is 16.6. The highest BCUT2D eigenvalue weighted by Crippen LogP contribution is 2.23. The zero-order valence-electron chi connectivity index (χ0n) is 9.36. The number of rotatable bonds is 2. The molecule has 1 heterocycles. The van der Waals surface area contributed by atoms with E-state index in [1.54, 1.807) is 6.92 Å². The SMILES string of the molecule is Cc1cc2nc(C(O)=CO)cnc2cc1[N+](=O)[O-]. The third-order valence-corrected chi connectivity index (χ3v) is 2.44. The quantitative estimate of drug-likeness (QED) is 0.478. The van der Waals surface area contributed by atoms with Crippen LogP contribution in [0.5, 0.6) is 0 Å². The molecule has 0 radical (unpaired) electrons. The first kappa shape index (κ1) is 11.8. The monoisotopic (exact) mass is 247 g/mol. The van der Waals surface area contributed by atoms with Gasteiger partial charge in [0.15, 0.2) is 5.76 Å². The number of aliphatic hydroxyl groups is 2. The molecule has 0 amide bonds. The van der Waals surface area contributed by atoms with Crippen molar-refractivity contribution in [2.75, 3.05) is 0 Å². The summed E-state index contributed by atoms with van der Waals surface area (Å²) in [5, 5.41) is 28.7. The second-order valence-electron chi connectivity index (χ2n) is 3.65. The summed E-state index contributed by atoms with van der Waals surface area (Å²) in [5.41, 5.74) is 1.27. The van der Waals surface area contributed by atoms with Crippen molar-refractivity contribution in [3.8, 4) is 0 Å². The number of nitrogens with zero attached hydrogens (tertiary/aromatic N) is 3. The van der Waals surface area contributed by atoms with Crippen molar-refractivity contribution in [3.63, 3.8) is 0 Å².